The first-order valence-corrected chi connectivity index (χ1v) is 8.21. The lowest BCUT2D eigenvalue weighted by Crippen LogP contribution is -2.32. The van der Waals surface area contributed by atoms with Crippen LogP contribution in [0.15, 0.2) is 28.2 Å². The number of aryl methyl sites for hydroxylation is 1. The van der Waals surface area contributed by atoms with Crippen LogP contribution >= 0.6 is 27.3 Å². The largest absolute Gasteiger partial charge is 0.465 e. The van der Waals surface area contributed by atoms with Gasteiger partial charge in [0.05, 0.1) is 22.7 Å². The number of benzene rings is 1. The molecule has 1 unspecified atom stereocenters. The van der Waals surface area contributed by atoms with Crippen LogP contribution in [-0.4, -0.2) is 23.2 Å². The van der Waals surface area contributed by atoms with Gasteiger partial charge in [-0.15, -0.1) is 11.3 Å². The predicted molar refractivity (Wildman–Crippen MR) is 83.5 cm³/mol. The van der Waals surface area contributed by atoms with E-state index in [1.54, 1.807) is 12.3 Å². The maximum Gasteiger partial charge on any atom is 0.337 e. The van der Waals surface area contributed by atoms with Gasteiger partial charge in [-0.05, 0) is 58.5 Å². The van der Waals surface area contributed by atoms with Gasteiger partial charge in [0, 0.05) is 0 Å². The smallest absolute Gasteiger partial charge is 0.337 e. The van der Waals surface area contributed by atoms with Gasteiger partial charge in [0.15, 0.2) is 0 Å². The van der Waals surface area contributed by atoms with Crippen molar-refractivity contribution in [1.82, 2.24) is 4.98 Å². The highest BCUT2D eigenvalue weighted by Crippen LogP contribution is 2.42. The molecule has 3 rings (SSSR count). The molecule has 1 aromatic carbocycles. The number of aromatic nitrogens is 1. The van der Waals surface area contributed by atoms with E-state index >= 15 is 0 Å². The normalized spacial score (nSPS) is 20.9. The van der Waals surface area contributed by atoms with Gasteiger partial charge in [0.1, 0.15) is 10.6 Å². The first-order chi connectivity index (χ1) is 10.0. The molecule has 0 aliphatic heterocycles. The zero-order valence-electron chi connectivity index (χ0n) is 11.4. The molecule has 0 spiro atoms. The van der Waals surface area contributed by atoms with Crippen molar-refractivity contribution in [1.29, 1.82) is 0 Å². The lowest BCUT2D eigenvalue weighted by atomic mass is 9.79. The zero-order chi connectivity index (χ0) is 15.0. The maximum absolute atomic E-state index is 11.6. The fraction of sp³-hybridized carbons (Fsp3) is 0.333. The highest BCUT2D eigenvalue weighted by atomic mass is 79.9. The van der Waals surface area contributed by atoms with Gasteiger partial charge in [-0.1, -0.05) is 6.07 Å². The molecular weight excluding hydrogens is 354 g/mol. The SMILES string of the molecule is COC(=O)c1ccc2c(c1)CCCC2(O)c1ncc(Br)s1. The fourth-order valence-corrected chi connectivity index (χ4v) is 4.12. The molecule has 1 atom stereocenters. The Morgan fingerprint density at radius 3 is 3.00 bits per heavy atom. The highest BCUT2D eigenvalue weighted by Gasteiger charge is 2.38. The van der Waals surface area contributed by atoms with Gasteiger partial charge < -0.3 is 9.84 Å². The van der Waals surface area contributed by atoms with Crippen molar-refractivity contribution in [3.8, 4) is 0 Å². The molecule has 1 N–H and O–H groups in total. The van der Waals surface area contributed by atoms with Crippen molar-refractivity contribution in [3.63, 3.8) is 0 Å². The fourth-order valence-electron chi connectivity index (χ4n) is 2.79. The summed E-state index contributed by atoms with van der Waals surface area (Å²) in [6.45, 7) is 0. The third-order valence-corrected chi connectivity index (χ3v) is 5.42. The Hall–Kier alpha value is -1.24. The number of halogens is 1. The van der Waals surface area contributed by atoms with Crippen molar-refractivity contribution in [2.75, 3.05) is 7.11 Å². The number of nitrogens with zero attached hydrogens (tertiary/aromatic N) is 1. The van der Waals surface area contributed by atoms with Crippen molar-refractivity contribution in [2.45, 2.75) is 24.9 Å². The van der Waals surface area contributed by atoms with Crippen LogP contribution < -0.4 is 0 Å². The Labute approximate surface area is 134 Å². The summed E-state index contributed by atoms with van der Waals surface area (Å²) in [6, 6.07) is 5.33. The van der Waals surface area contributed by atoms with Crippen LogP contribution in [0.5, 0.6) is 0 Å². The van der Waals surface area contributed by atoms with Crippen molar-refractivity contribution in [2.24, 2.45) is 0 Å². The summed E-state index contributed by atoms with van der Waals surface area (Å²) in [4.78, 5) is 15.9. The third-order valence-electron chi connectivity index (χ3n) is 3.79. The average Bonchev–Trinajstić information content (AvgIpc) is 2.93. The van der Waals surface area contributed by atoms with E-state index in [-0.39, 0.29) is 5.97 Å². The summed E-state index contributed by atoms with van der Waals surface area (Å²) >= 11 is 4.82. The van der Waals surface area contributed by atoms with E-state index in [0.717, 1.165) is 27.8 Å². The topological polar surface area (TPSA) is 59.4 Å². The molecule has 4 nitrogen and oxygen atoms in total. The molecule has 0 amide bonds. The molecule has 1 heterocycles. The Bertz CT molecular complexity index is 700. The number of aliphatic hydroxyl groups is 1. The molecule has 110 valence electrons. The predicted octanol–water partition coefficient (Wildman–Crippen LogP) is 3.26. The summed E-state index contributed by atoms with van der Waals surface area (Å²) in [5.41, 5.74) is 1.26. The summed E-state index contributed by atoms with van der Waals surface area (Å²) < 4.78 is 5.64. The van der Waals surface area contributed by atoms with Gasteiger partial charge in [-0.25, -0.2) is 9.78 Å². The minimum absolute atomic E-state index is 0.357. The quantitative estimate of drug-likeness (QED) is 0.827. The van der Waals surface area contributed by atoms with Crippen LogP contribution in [0.3, 0.4) is 0 Å². The number of methoxy groups -OCH3 is 1. The van der Waals surface area contributed by atoms with E-state index in [1.807, 2.05) is 12.1 Å². The van der Waals surface area contributed by atoms with E-state index in [9.17, 15) is 9.90 Å². The second kappa shape index (κ2) is 5.51. The van der Waals surface area contributed by atoms with Gasteiger partial charge in [0.25, 0.3) is 0 Å². The van der Waals surface area contributed by atoms with E-state index < -0.39 is 5.60 Å². The number of esters is 1. The Kier molecular flexibility index (Phi) is 3.86. The zero-order valence-corrected chi connectivity index (χ0v) is 13.8. The highest BCUT2D eigenvalue weighted by molar-refractivity contribution is 9.11. The van der Waals surface area contributed by atoms with E-state index in [1.165, 1.54) is 18.4 Å². The lowest BCUT2D eigenvalue weighted by molar-refractivity contribution is 0.0583. The first-order valence-electron chi connectivity index (χ1n) is 6.60. The Morgan fingerprint density at radius 1 is 1.52 bits per heavy atom. The molecule has 21 heavy (non-hydrogen) atoms. The summed E-state index contributed by atoms with van der Waals surface area (Å²) in [6.07, 6.45) is 4.03. The molecule has 0 bridgehead atoms. The minimum atomic E-state index is -1.07. The summed E-state index contributed by atoms with van der Waals surface area (Å²) in [7, 11) is 1.37. The molecule has 1 aliphatic carbocycles. The minimum Gasteiger partial charge on any atom is -0.465 e. The van der Waals surface area contributed by atoms with Crippen LogP contribution in [0.2, 0.25) is 0 Å². The molecule has 1 aliphatic rings. The van der Waals surface area contributed by atoms with Gasteiger partial charge in [0.2, 0.25) is 0 Å². The standard InChI is InChI=1S/C15H14BrNO3S/c1-20-13(18)10-4-5-11-9(7-10)3-2-6-15(11,19)14-17-8-12(16)21-14/h4-5,7-8,19H,2-3,6H2,1H3. The number of thiazole rings is 1. The molecule has 0 radical (unpaired) electrons. The third kappa shape index (κ3) is 2.52. The Morgan fingerprint density at radius 2 is 2.33 bits per heavy atom. The molecule has 1 aromatic heterocycles. The van der Waals surface area contributed by atoms with Crippen LogP contribution in [0, 0.1) is 0 Å². The van der Waals surface area contributed by atoms with Crippen molar-refractivity contribution < 1.29 is 14.6 Å². The molecule has 0 saturated heterocycles. The first kappa shape index (κ1) is 14.7. The summed E-state index contributed by atoms with van der Waals surface area (Å²) in [5.74, 6) is -0.357. The molecule has 6 heteroatoms. The van der Waals surface area contributed by atoms with Gasteiger partial charge in [-0.2, -0.15) is 0 Å². The molecule has 2 aromatic rings. The van der Waals surface area contributed by atoms with E-state index in [2.05, 4.69) is 20.9 Å². The van der Waals surface area contributed by atoms with Gasteiger partial charge >= 0.3 is 5.97 Å². The number of fused-ring (bicyclic) bond motifs is 1. The van der Waals surface area contributed by atoms with Gasteiger partial charge in [-0.3, -0.25) is 0 Å². The number of carbonyl (C=O) groups excluding carboxylic acids is 1. The second-order valence-electron chi connectivity index (χ2n) is 5.05. The Balaban J connectivity index is 2.08. The van der Waals surface area contributed by atoms with Crippen LogP contribution in [0.1, 0.15) is 39.3 Å². The molecule has 0 fully saturated rings. The lowest BCUT2D eigenvalue weighted by Gasteiger charge is -2.33. The monoisotopic (exact) mass is 367 g/mol. The number of carbonyl (C=O) groups is 1. The average molecular weight is 368 g/mol. The summed E-state index contributed by atoms with van der Waals surface area (Å²) in [5, 5.41) is 11.8. The number of hydrogen-bond donors (Lipinski definition) is 1. The van der Waals surface area contributed by atoms with E-state index in [4.69, 9.17) is 4.74 Å². The number of hydrogen-bond acceptors (Lipinski definition) is 5. The number of ether oxygens (including phenoxy) is 1. The number of rotatable bonds is 2. The van der Waals surface area contributed by atoms with Crippen LogP contribution in [0.4, 0.5) is 0 Å². The second-order valence-corrected chi connectivity index (χ2v) is 7.46. The van der Waals surface area contributed by atoms with Crippen LogP contribution in [0.25, 0.3) is 0 Å². The van der Waals surface area contributed by atoms with Crippen molar-refractivity contribution >= 4 is 33.2 Å². The van der Waals surface area contributed by atoms with E-state index in [0.29, 0.717) is 17.0 Å². The maximum atomic E-state index is 11.6. The van der Waals surface area contributed by atoms with Crippen LogP contribution in [-0.2, 0) is 16.8 Å². The molecular formula is C15H14BrNO3S. The van der Waals surface area contributed by atoms with Crippen molar-refractivity contribution in [3.05, 3.63) is 49.9 Å². The molecule has 0 saturated carbocycles.